The molecule has 0 unspecified atom stereocenters. The Morgan fingerprint density at radius 1 is 1.03 bits per heavy atom. The molecular weight excluding hydrogens is 476 g/mol. The van der Waals surface area contributed by atoms with Crippen molar-refractivity contribution < 1.29 is 29.0 Å². The fraction of sp³-hybridized carbons (Fsp3) is 0.407. The molecule has 196 valence electrons. The van der Waals surface area contributed by atoms with Crippen LogP contribution in [0.25, 0.3) is 0 Å². The molecule has 4 amide bonds. The van der Waals surface area contributed by atoms with Crippen LogP contribution in [0.15, 0.2) is 48.5 Å². The summed E-state index contributed by atoms with van der Waals surface area (Å²) in [7, 11) is 0. The van der Waals surface area contributed by atoms with Crippen molar-refractivity contribution in [1.82, 2.24) is 21.3 Å². The molecule has 1 fully saturated rings. The van der Waals surface area contributed by atoms with Crippen molar-refractivity contribution in [3.8, 4) is 11.5 Å². The highest BCUT2D eigenvalue weighted by Crippen LogP contribution is 2.27. The van der Waals surface area contributed by atoms with Crippen LogP contribution in [0.2, 0.25) is 0 Å². The number of hydrogen-bond donors (Lipinski definition) is 5. The largest absolute Gasteiger partial charge is 0.508 e. The quantitative estimate of drug-likeness (QED) is 0.408. The third-order valence-corrected chi connectivity index (χ3v) is 6.31. The summed E-state index contributed by atoms with van der Waals surface area (Å²) in [6, 6.07) is 10.4. The van der Waals surface area contributed by atoms with E-state index in [2.05, 4.69) is 21.3 Å². The van der Waals surface area contributed by atoms with Gasteiger partial charge >= 0.3 is 0 Å². The lowest BCUT2D eigenvalue weighted by Gasteiger charge is -2.25. The number of ether oxygens (including phenoxy) is 1. The van der Waals surface area contributed by atoms with Crippen LogP contribution in [-0.2, 0) is 20.8 Å². The summed E-state index contributed by atoms with van der Waals surface area (Å²) >= 11 is 0. The fourth-order valence-electron chi connectivity index (χ4n) is 4.03. The van der Waals surface area contributed by atoms with E-state index in [-0.39, 0.29) is 30.8 Å². The molecule has 1 heterocycles. The van der Waals surface area contributed by atoms with Crippen LogP contribution in [0.1, 0.15) is 42.1 Å². The number of phenolic OH excluding ortho intramolecular Hbond substituents is 1. The van der Waals surface area contributed by atoms with Gasteiger partial charge in [-0.1, -0.05) is 24.3 Å². The third kappa shape index (κ3) is 7.45. The van der Waals surface area contributed by atoms with Gasteiger partial charge in [-0.15, -0.1) is 0 Å². The van der Waals surface area contributed by atoms with Crippen molar-refractivity contribution in [2.24, 2.45) is 5.92 Å². The molecule has 2 aromatic rings. The summed E-state index contributed by atoms with van der Waals surface area (Å²) in [4.78, 5) is 52.3. The Bertz CT molecular complexity index is 1150. The van der Waals surface area contributed by atoms with E-state index in [9.17, 15) is 24.3 Å². The molecule has 1 saturated carbocycles. The lowest BCUT2D eigenvalue weighted by atomic mass is 10.0. The van der Waals surface area contributed by atoms with E-state index in [4.69, 9.17) is 4.74 Å². The molecule has 4 rings (SSSR count). The summed E-state index contributed by atoms with van der Waals surface area (Å²) in [6.07, 6.45) is 1.89. The van der Waals surface area contributed by atoms with E-state index in [1.54, 1.807) is 43.3 Å². The maximum atomic E-state index is 13.1. The van der Waals surface area contributed by atoms with Gasteiger partial charge in [-0.3, -0.25) is 19.2 Å². The minimum absolute atomic E-state index is 0.0845. The second kappa shape index (κ2) is 11.8. The van der Waals surface area contributed by atoms with Crippen molar-refractivity contribution in [3.05, 3.63) is 59.7 Å². The van der Waals surface area contributed by atoms with E-state index < -0.39 is 41.8 Å². The minimum atomic E-state index is -1.14. The number of benzene rings is 2. The van der Waals surface area contributed by atoms with Crippen LogP contribution in [0, 0.1) is 5.92 Å². The van der Waals surface area contributed by atoms with E-state index >= 15 is 0 Å². The van der Waals surface area contributed by atoms with Crippen LogP contribution in [0.4, 0.5) is 0 Å². The first-order valence-corrected chi connectivity index (χ1v) is 12.5. The Hall–Kier alpha value is -4.08. The number of aromatic hydroxyl groups is 1. The molecule has 10 nitrogen and oxygen atoms in total. The highest BCUT2D eigenvalue weighted by Gasteiger charge is 2.30. The molecule has 0 bridgehead atoms. The van der Waals surface area contributed by atoms with Gasteiger partial charge in [0.1, 0.15) is 30.2 Å². The second-order valence-corrected chi connectivity index (χ2v) is 9.63. The van der Waals surface area contributed by atoms with E-state index in [1.807, 2.05) is 0 Å². The van der Waals surface area contributed by atoms with Gasteiger partial charge in [0.2, 0.25) is 17.7 Å². The molecule has 2 aromatic carbocycles. The van der Waals surface area contributed by atoms with Gasteiger partial charge in [-0.25, -0.2) is 0 Å². The first kappa shape index (κ1) is 26.0. The SMILES string of the molecule is C[C@@H]1COc2ccccc2C(=O)N[C@H](C(=O)NCC2CC2)CC(=O)N[C@@H](Cc2ccc(O)cc2)C(=O)N1. The predicted molar refractivity (Wildman–Crippen MR) is 135 cm³/mol. The molecule has 3 atom stereocenters. The number of fused-ring (bicyclic) bond motifs is 1. The monoisotopic (exact) mass is 508 g/mol. The minimum Gasteiger partial charge on any atom is -0.508 e. The fourth-order valence-corrected chi connectivity index (χ4v) is 4.03. The van der Waals surface area contributed by atoms with Gasteiger partial charge in [0.05, 0.1) is 18.0 Å². The van der Waals surface area contributed by atoms with Gasteiger partial charge in [0, 0.05) is 13.0 Å². The number of amides is 4. The molecule has 2 aliphatic rings. The summed E-state index contributed by atoms with van der Waals surface area (Å²) in [5, 5.41) is 20.6. The smallest absolute Gasteiger partial charge is 0.255 e. The normalized spacial score (nSPS) is 22.8. The molecule has 0 spiro atoms. The Morgan fingerprint density at radius 3 is 2.49 bits per heavy atom. The maximum absolute atomic E-state index is 13.1. The van der Waals surface area contributed by atoms with Crippen LogP contribution in [0.5, 0.6) is 11.5 Å². The van der Waals surface area contributed by atoms with E-state index in [1.165, 1.54) is 12.1 Å². The van der Waals surface area contributed by atoms with E-state index in [0.29, 0.717) is 18.2 Å². The van der Waals surface area contributed by atoms with Crippen LogP contribution in [-0.4, -0.2) is 60.0 Å². The number of phenols is 1. The van der Waals surface area contributed by atoms with Gasteiger partial charge in [0.15, 0.2) is 0 Å². The van der Waals surface area contributed by atoms with Crippen molar-refractivity contribution >= 4 is 23.6 Å². The molecule has 10 heteroatoms. The van der Waals surface area contributed by atoms with Gasteiger partial charge in [-0.05, 0) is 55.5 Å². The average Bonchev–Trinajstić information content (AvgIpc) is 3.70. The molecule has 5 N–H and O–H groups in total. The van der Waals surface area contributed by atoms with Crippen molar-refractivity contribution in [2.45, 2.75) is 50.7 Å². The highest BCUT2D eigenvalue weighted by atomic mass is 16.5. The van der Waals surface area contributed by atoms with Crippen LogP contribution >= 0.6 is 0 Å². The van der Waals surface area contributed by atoms with Crippen molar-refractivity contribution in [3.63, 3.8) is 0 Å². The molecule has 0 radical (unpaired) electrons. The van der Waals surface area contributed by atoms with Crippen molar-refractivity contribution in [1.29, 1.82) is 0 Å². The summed E-state index contributed by atoms with van der Waals surface area (Å²) < 4.78 is 5.84. The van der Waals surface area contributed by atoms with E-state index in [0.717, 1.165) is 18.4 Å². The number of para-hydroxylation sites is 1. The topological polar surface area (TPSA) is 146 Å². The maximum Gasteiger partial charge on any atom is 0.255 e. The number of carbonyl (C=O) groups is 4. The number of nitrogens with one attached hydrogen (secondary N) is 4. The van der Waals surface area contributed by atoms with Gasteiger partial charge < -0.3 is 31.1 Å². The zero-order valence-corrected chi connectivity index (χ0v) is 20.7. The molecule has 1 aliphatic carbocycles. The zero-order valence-electron chi connectivity index (χ0n) is 20.7. The highest BCUT2D eigenvalue weighted by molar-refractivity contribution is 6.01. The van der Waals surface area contributed by atoms with Gasteiger partial charge in [-0.2, -0.15) is 0 Å². The number of carbonyl (C=O) groups excluding carboxylic acids is 4. The zero-order chi connectivity index (χ0) is 26.4. The summed E-state index contributed by atoms with van der Waals surface area (Å²) in [5.74, 6) is -1.16. The second-order valence-electron chi connectivity index (χ2n) is 9.63. The predicted octanol–water partition coefficient (Wildman–Crippen LogP) is 1.03. The Labute approximate surface area is 215 Å². The standard InChI is InChI=1S/C27H32N4O6/c1-16-15-37-23-5-3-2-4-20(23)25(34)31-22(26(35)28-14-18-6-7-18)13-24(33)30-21(27(36)29-16)12-17-8-10-19(32)11-9-17/h2-5,8-11,16,18,21-22,32H,6-7,12-15H2,1H3,(H,28,35)(H,29,36)(H,30,33)(H,31,34)/t16-,21+,22+/m1/s1. The Balaban J connectivity index is 1.58. The van der Waals surface area contributed by atoms with Crippen LogP contribution in [0.3, 0.4) is 0 Å². The average molecular weight is 509 g/mol. The number of hydrogen-bond acceptors (Lipinski definition) is 6. The molecular formula is C27H32N4O6. The lowest BCUT2D eigenvalue weighted by molar-refractivity contribution is -0.131. The third-order valence-electron chi connectivity index (χ3n) is 6.31. The molecule has 1 aliphatic heterocycles. The molecule has 0 aromatic heterocycles. The first-order chi connectivity index (χ1) is 17.8. The molecule has 0 saturated heterocycles. The number of rotatable bonds is 5. The summed E-state index contributed by atoms with van der Waals surface area (Å²) in [6.45, 7) is 2.32. The van der Waals surface area contributed by atoms with Crippen molar-refractivity contribution in [2.75, 3.05) is 13.2 Å². The molecule has 37 heavy (non-hydrogen) atoms. The Morgan fingerprint density at radius 2 is 1.76 bits per heavy atom. The van der Waals surface area contributed by atoms with Crippen LogP contribution < -0.4 is 26.0 Å². The lowest BCUT2D eigenvalue weighted by Crippen LogP contribution is -2.54. The Kier molecular flexibility index (Phi) is 8.27. The van der Waals surface area contributed by atoms with Gasteiger partial charge in [0.25, 0.3) is 5.91 Å². The summed E-state index contributed by atoms with van der Waals surface area (Å²) in [5.41, 5.74) is 0.952. The first-order valence-electron chi connectivity index (χ1n) is 12.5.